The van der Waals surface area contributed by atoms with Crippen molar-refractivity contribution in [2.24, 2.45) is 0 Å². The maximum absolute atomic E-state index is 9.22. The van der Waals surface area contributed by atoms with Crippen LogP contribution in [0.4, 0.5) is 0 Å². The minimum Gasteiger partial charge on any atom is -0.236 e. The standard InChI is InChI=1S/C15H14BrN3/c1-10-8-13(11-6-4-5-7-12(11)16)19-14(18-10)15(2,3)9-17/h4-8H,1-3H3. The summed E-state index contributed by atoms with van der Waals surface area (Å²) in [6.07, 6.45) is 0. The third-order valence-electron chi connectivity index (χ3n) is 2.84. The van der Waals surface area contributed by atoms with Gasteiger partial charge in [-0.2, -0.15) is 5.26 Å². The average molecular weight is 316 g/mol. The van der Waals surface area contributed by atoms with Crippen molar-refractivity contribution in [3.05, 3.63) is 46.3 Å². The van der Waals surface area contributed by atoms with E-state index in [-0.39, 0.29) is 0 Å². The summed E-state index contributed by atoms with van der Waals surface area (Å²) in [5.41, 5.74) is 2.00. The van der Waals surface area contributed by atoms with E-state index < -0.39 is 5.41 Å². The van der Waals surface area contributed by atoms with E-state index in [4.69, 9.17) is 0 Å². The molecule has 0 bridgehead atoms. The van der Waals surface area contributed by atoms with E-state index in [0.29, 0.717) is 5.82 Å². The Labute approximate surface area is 121 Å². The van der Waals surface area contributed by atoms with Crippen molar-refractivity contribution in [2.75, 3.05) is 0 Å². The molecule has 0 N–H and O–H groups in total. The zero-order valence-electron chi connectivity index (χ0n) is 11.1. The molecular formula is C15H14BrN3. The molecule has 0 aliphatic rings. The summed E-state index contributed by atoms with van der Waals surface area (Å²) in [6, 6.07) is 12.1. The summed E-state index contributed by atoms with van der Waals surface area (Å²) < 4.78 is 0.980. The first-order valence-electron chi connectivity index (χ1n) is 5.96. The van der Waals surface area contributed by atoms with Crippen LogP contribution < -0.4 is 0 Å². The Hall–Kier alpha value is -1.73. The van der Waals surface area contributed by atoms with Crippen LogP contribution in [0.1, 0.15) is 25.4 Å². The number of hydrogen-bond acceptors (Lipinski definition) is 3. The second kappa shape index (κ2) is 5.10. The molecule has 3 nitrogen and oxygen atoms in total. The summed E-state index contributed by atoms with van der Waals surface area (Å²) in [7, 11) is 0. The van der Waals surface area contributed by atoms with Gasteiger partial charge in [0, 0.05) is 15.7 Å². The number of aryl methyl sites for hydroxylation is 1. The normalized spacial score (nSPS) is 11.1. The number of hydrogen-bond donors (Lipinski definition) is 0. The fourth-order valence-corrected chi connectivity index (χ4v) is 2.19. The molecule has 0 atom stereocenters. The number of nitrogens with zero attached hydrogens (tertiary/aromatic N) is 3. The highest BCUT2D eigenvalue weighted by molar-refractivity contribution is 9.10. The van der Waals surface area contributed by atoms with Crippen molar-refractivity contribution in [2.45, 2.75) is 26.2 Å². The van der Waals surface area contributed by atoms with E-state index in [2.05, 4.69) is 32.0 Å². The Morgan fingerprint density at radius 2 is 1.89 bits per heavy atom. The first kappa shape index (κ1) is 13.7. The third-order valence-corrected chi connectivity index (χ3v) is 3.53. The number of nitriles is 1. The van der Waals surface area contributed by atoms with Crippen LogP contribution in [0.5, 0.6) is 0 Å². The summed E-state index contributed by atoms with van der Waals surface area (Å²) in [4.78, 5) is 8.93. The third kappa shape index (κ3) is 2.82. The lowest BCUT2D eigenvalue weighted by molar-refractivity contribution is 0.626. The Bertz CT molecular complexity index is 657. The minimum absolute atomic E-state index is 0.556. The van der Waals surface area contributed by atoms with Gasteiger partial charge in [-0.05, 0) is 32.9 Å². The van der Waals surface area contributed by atoms with E-state index in [1.165, 1.54) is 0 Å². The molecule has 19 heavy (non-hydrogen) atoms. The predicted molar refractivity (Wildman–Crippen MR) is 78.5 cm³/mol. The smallest absolute Gasteiger partial charge is 0.148 e. The van der Waals surface area contributed by atoms with Crippen molar-refractivity contribution in [3.8, 4) is 17.3 Å². The van der Waals surface area contributed by atoms with Gasteiger partial charge in [-0.1, -0.05) is 34.1 Å². The van der Waals surface area contributed by atoms with Gasteiger partial charge in [0.25, 0.3) is 0 Å². The van der Waals surface area contributed by atoms with Crippen LogP contribution in [-0.2, 0) is 5.41 Å². The zero-order valence-corrected chi connectivity index (χ0v) is 12.7. The molecule has 2 rings (SSSR count). The van der Waals surface area contributed by atoms with Crippen LogP contribution in [0.15, 0.2) is 34.8 Å². The van der Waals surface area contributed by atoms with E-state index in [1.807, 2.05) is 51.1 Å². The lowest BCUT2D eigenvalue weighted by Gasteiger charge is -2.15. The molecule has 1 aromatic heterocycles. The quantitative estimate of drug-likeness (QED) is 0.841. The average Bonchev–Trinajstić information content (AvgIpc) is 2.38. The molecule has 0 unspecified atom stereocenters. The van der Waals surface area contributed by atoms with Crippen molar-refractivity contribution in [1.82, 2.24) is 9.97 Å². The molecule has 0 saturated carbocycles. The van der Waals surface area contributed by atoms with Gasteiger partial charge in [0.1, 0.15) is 11.2 Å². The second-order valence-electron chi connectivity index (χ2n) is 4.93. The van der Waals surface area contributed by atoms with Gasteiger partial charge >= 0.3 is 0 Å². The zero-order chi connectivity index (χ0) is 14.0. The Morgan fingerprint density at radius 1 is 1.21 bits per heavy atom. The van der Waals surface area contributed by atoms with Gasteiger partial charge in [0.2, 0.25) is 0 Å². The highest BCUT2D eigenvalue weighted by Crippen LogP contribution is 2.28. The minimum atomic E-state index is -0.692. The summed E-state index contributed by atoms with van der Waals surface area (Å²) in [6.45, 7) is 5.57. The van der Waals surface area contributed by atoms with Gasteiger partial charge in [-0.25, -0.2) is 9.97 Å². The molecule has 2 aromatic rings. The van der Waals surface area contributed by atoms with Crippen molar-refractivity contribution in [3.63, 3.8) is 0 Å². The fourth-order valence-electron chi connectivity index (χ4n) is 1.70. The highest BCUT2D eigenvalue weighted by Gasteiger charge is 2.24. The van der Waals surface area contributed by atoms with Crippen LogP contribution >= 0.6 is 15.9 Å². The largest absolute Gasteiger partial charge is 0.236 e. The highest BCUT2D eigenvalue weighted by atomic mass is 79.9. The summed E-state index contributed by atoms with van der Waals surface area (Å²) >= 11 is 3.52. The first-order chi connectivity index (χ1) is 8.94. The van der Waals surface area contributed by atoms with E-state index in [1.54, 1.807) is 0 Å². The molecule has 0 aliphatic heterocycles. The van der Waals surface area contributed by atoms with Crippen molar-refractivity contribution >= 4 is 15.9 Å². The van der Waals surface area contributed by atoms with Crippen molar-refractivity contribution < 1.29 is 0 Å². The monoisotopic (exact) mass is 315 g/mol. The topological polar surface area (TPSA) is 49.6 Å². The van der Waals surface area contributed by atoms with E-state index in [9.17, 15) is 5.26 Å². The Balaban J connectivity index is 2.62. The van der Waals surface area contributed by atoms with Gasteiger partial charge < -0.3 is 0 Å². The number of halogens is 1. The molecule has 0 saturated heterocycles. The molecule has 0 aliphatic carbocycles. The summed E-state index contributed by atoms with van der Waals surface area (Å²) in [5.74, 6) is 0.556. The van der Waals surface area contributed by atoms with Crippen LogP contribution in [0.3, 0.4) is 0 Å². The van der Waals surface area contributed by atoms with Crippen molar-refractivity contribution in [1.29, 1.82) is 5.26 Å². The molecule has 4 heteroatoms. The maximum atomic E-state index is 9.22. The number of rotatable bonds is 2. The predicted octanol–water partition coefficient (Wildman–Crippen LogP) is 4.02. The van der Waals surface area contributed by atoms with Gasteiger partial charge in [-0.3, -0.25) is 0 Å². The van der Waals surface area contributed by atoms with E-state index >= 15 is 0 Å². The van der Waals surface area contributed by atoms with Crippen LogP contribution in [0, 0.1) is 18.3 Å². The van der Waals surface area contributed by atoms with Gasteiger partial charge in [0.15, 0.2) is 0 Å². The molecule has 0 fully saturated rings. The lowest BCUT2D eigenvalue weighted by atomic mass is 9.94. The molecule has 0 radical (unpaired) electrons. The second-order valence-corrected chi connectivity index (χ2v) is 5.79. The molecule has 0 spiro atoms. The number of benzene rings is 1. The fraction of sp³-hybridized carbons (Fsp3) is 0.267. The lowest BCUT2D eigenvalue weighted by Crippen LogP contribution is -2.19. The summed E-state index contributed by atoms with van der Waals surface area (Å²) in [5, 5.41) is 9.22. The Kier molecular flexibility index (Phi) is 3.68. The van der Waals surface area contributed by atoms with E-state index in [0.717, 1.165) is 21.4 Å². The maximum Gasteiger partial charge on any atom is 0.148 e. The SMILES string of the molecule is Cc1cc(-c2ccccc2Br)nc(C(C)(C)C#N)n1. The van der Waals surface area contributed by atoms with Crippen LogP contribution in [-0.4, -0.2) is 9.97 Å². The molecular weight excluding hydrogens is 302 g/mol. The van der Waals surface area contributed by atoms with Gasteiger partial charge in [-0.15, -0.1) is 0 Å². The van der Waals surface area contributed by atoms with Crippen LogP contribution in [0.25, 0.3) is 11.3 Å². The number of aromatic nitrogens is 2. The van der Waals surface area contributed by atoms with Gasteiger partial charge in [0.05, 0.1) is 11.8 Å². The first-order valence-corrected chi connectivity index (χ1v) is 6.75. The molecule has 96 valence electrons. The Morgan fingerprint density at radius 3 is 2.53 bits per heavy atom. The molecule has 1 heterocycles. The molecule has 0 amide bonds. The van der Waals surface area contributed by atoms with Crippen LogP contribution in [0.2, 0.25) is 0 Å². The molecule has 1 aromatic carbocycles.